The molecule has 1 aromatic carbocycles. The molecule has 1 rings (SSSR count). The van der Waals surface area contributed by atoms with Crippen LogP contribution in [-0.2, 0) is 17.8 Å². The summed E-state index contributed by atoms with van der Waals surface area (Å²) < 4.78 is 10.3. The second-order valence-corrected chi connectivity index (χ2v) is 2.93. The molecule has 2 heteroatoms. The van der Waals surface area contributed by atoms with Crippen LogP contribution in [-0.4, -0.2) is 14.2 Å². The van der Waals surface area contributed by atoms with E-state index in [0.717, 1.165) is 17.7 Å². The first-order valence-electron chi connectivity index (χ1n) is 4.46. The van der Waals surface area contributed by atoms with Crippen LogP contribution in [0.25, 0.3) is 0 Å². The van der Waals surface area contributed by atoms with Gasteiger partial charge in [0.25, 0.3) is 0 Å². The van der Waals surface area contributed by atoms with Crippen molar-refractivity contribution in [2.75, 3.05) is 14.2 Å². The minimum atomic E-state index is 0.608. The Morgan fingerprint density at radius 1 is 1.23 bits per heavy atom. The highest BCUT2D eigenvalue weighted by Gasteiger charge is 2.02. The predicted octanol–water partition coefficient (Wildman–Crippen LogP) is 2.40. The van der Waals surface area contributed by atoms with E-state index in [1.54, 1.807) is 14.2 Å². The fourth-order valence-corrected chi connectivity index (χ4v) is 1.32. The minimum Gasteiger partial charge on any atom is -0.496 e. The Kier molecular flexibility index (Phi) is 3.77. The standard InChI is InChI=1S/C11H16O2/c1-4-9-5-6-11(13-3)10(7-9)8-12-2/h5-7H,4,8H2,1-3H3. The quantitative estimate of drug-likeness (QED) is 0.708. The summed E-state index contributed by atoms with van der Waals surface area (Å²) >= 11 is 0. The Bertz CT molecular complexity index is 269. The van der Waals surface area contributed by atoms with E-state index in [1.165, 1.54) is 5.56 Å². The summed E-state index contributed by atoms with van der Waals surface area (Å²) in [5, 5.41) is 0. The third kappa shape index (κ3) is 2.46. The van der Waals surface area contributed by atoms with E-state index in [9.17, 15) is 0 Å². The van der Waals surface area contributed by atoms with Gasteiger partial charge in [-0.2, -0.15) is 0 Å². The molecule has 0 aliphatic carbocycles. The Labute approximate surface area is 79.5 Å². The maximum Gasteiger partial charge on any atom is 0.124 e. The van der Waals surface area contributed by atoms with Crippen molar-refractivity contribution in [3.05, 3.63) is 29.3 Å². The molecule has 0 fully saturated rings. The molecule has 0 heterocycles. The van der Waals surface area contributed by atoms with Crippen LogP contribution in [0.5, 0.6) is 5.75 Å². The van der Waals surface area contributed by atoms with Crippen LogP contribution in [0.4, 0.5) is 0 Å². The lowest BCUT2D eigenvalue weighted by Crippen LogP contribution is -1.95. The monoisotopic (exact) mass is 180 g/mol. The van der Waals surface area contributed by atoms with E-state index in [4.69, 9.17) is 9.47 Å². The second-order valence-electron chi connectivity index (χ2n) is 2.93. The van der Waals surface area contributed by atoms with Gasteiger partial charge in [-0.05, 0) is 24.1 Å². The smallest absolute Gasteiger partial charge is 0.124 e. The van der Waals surface area contributed by atoms with Crippen LogP contribution >= 0.6 is 0 Å². The van der Waals surface area contributed by atoms with E-state index >= 15 is 0 Å². The summed E-state index contributed by atoms with van der Waals surface area (Å²) in [5.41, 5.74) is 2.43. The predicted molar refractivity (Wildman–Crippen MR) is 53.1 cm³/mol. The van der Waals surface area contributed by atoms with Gasteiger partial charge in [-0.25, -0.2) is 0 Å². The first kappa shape index (κ1) is 10.1. The van der Waals surface area contributed by atoms with Gasteiger partial charge in [0.1, 0.15) is 5.75 Å². The van der Waals surface area contributed by atoms with Crippen molar-refractivity contribution in [3.63, 3.8) is 0 Å². The molecule has 2 nitrogen and oxygen atoms in total. The average molecular weight is 180 g/mol. The molecule has 0 unspecified atom stereocenters. The first-order chi connectivity index (χ1) is 6.31. The van der Waals surface area contributed by atoms with Crippen molar-refractivity contribution in [2.24, 2.45) is 0 Å². The zero-order chi connectivity index (χ0) is 9.68. The van der Waals surface area contributed by atoms with E-state index in [0.29, 0.717) is 6.61 Å². The van der Waals surface area contributed by atoms with Crippen LogP contribution < -0.4 is 4.74 Å². The van der Waals surface area contributed by atoms with Crippen LogP contribution in [0.15, 0.2) is 18.2 Å². The van der Waals surface area contributed by atoms with Gasteiger partial charge in [0.2, 0.25) is 0 Å². The highest BCUT2D eigenvalue weighted by molar-refractivity contribution is 5.36. The number of benzene rings is 1. The number of rotatable bonds is 4. The number of methoxy groups -OCH3 is 2. The van der Waals surface area contributed by atoms with Gasteiger partial charge in [0.05, 0.1) is 13.7 Å². The van der Waals surface area contributed by atoms with Gasteiger partial charge < -0.3 is 9.47 Å². The maximum absolute atomic E-state index is 5.22. The summed E-state index contributed by atoms with van der Waals surface area (Å²) in [6.45, 7) is 2.75. The molecule has 13 heavy (non-hydrogen) atoms. The average Bonchev–Trinajstić information content (AvgIpc) is 2.18. The molecule has 0 N–H and O–H groups in total. The summed E-state index contributed by atoms with van der Waals surface area (Å²) in [5.74, 6) is 0.902. The summed E-state index contributed by atoms with van der Waals surface area (Å²) in [6.07, 6.45) is 1.04. The Morgan fingerprint density at radius 3 is 2.54 bits per heavy atom. The van der Waals surface area contributed by atoms with Gasteiger partial charge >= 0.3 is 0 Å². The van der Waals surface area contributed by atoms with Gasteiger partial charge in [-0.1, -0.05) is 13.0 Å². The topological polar surface area (TPSA) is 18.5 Å². The van der Waals surface area contributed by atoms with E-state index in [-0.39, 0.29) is 0 Å². The SMILES string of the molecule is CCc1ccc(OC)c(COC)c1. The molecular weight excluding hydrogens is 164 g/mol. The fourth-order valence-electron chi connectivity index (χ4n) is 1.32. The summed E-state index contributed by atoms with van der Waals surface area (Å²) in [4.78, 5) is 0. The lowest BCUT2D eigenvalue weighted by Gasteiger charge is -2.08. The van der Waals surface area contributed by atoms with E-state index in [1.807, 2.05) is 6.07 Å². The molecule has 1 aromatic rings. The van der Waals surface area contributed by atoms with Crippen LogP contribution in [0, 0.1) is 0 Å². The second kappa shape index (κ2) is 4.87. The van der Waals surface area contributed by atoms with Crippen molar-refractivity contribution in [3.8, 4) is 5.75 Å². The van der Waals surface area contributed by atoms with Gasteiger partial charge in [0.15, 0.2) is 0 Å². The molecule has 0 radical (unpaired) electrons. The van der Waals surface area contributed by atoms with Crippen molar-refractivity contribution in [2.45, 2.75) is 20.0 Å². The fraction of sp³-hybridized carbons (Fsp3) is 0.455. The Balaban J connectivity index is 2.95. The van der Waals surface area contributed by atoms with Crippen molar-refractivity contribution >= 4 is 0 Å². The molecule has 72 valence electrons. The van der Waals surface area contributed by atoms with Crippen molar-refractivity contribution in [1.82, 2.24) is 0 Å². The molecule has 0 aliphatic rings. The molecule has 0 saturated heterocycles. The van der Waals surface area contributed by atoms with E-state index in [2.05, 4.69) is 19.1 Å². The lowest BCUT2D eigenvalue weighted by molar-refractivity contribution is 0.181. The van der Waals surface area contributed by atoms with Crippen molar-refractivity contribution < 1.29 is 9.47 Å². The molecule has 0 bridgehead atoms. The van der Waals surface area contributed by atoms with Gasteiger partial charge in [0, 0.05) is 12.7 Å². The molecule has 0 spiro atoms. The number of hydrogen-bond acceptors (Lipinski definition) is 2. The molecule has 0 saturated carbocycles. The molecule has 0 aromatic heterocycles. The third-order valence-electron chi connectivity index (χ3n) is 2.05. The van der Waals surface area contributed by atoms with Crippen LogP contribution in [0.2, 0.25) is 0 Å². The summed E-state index contributed by atoms with van der Waals surface area (Å²) in [6, 6.07) is 6.20. The number of aryl methyl sites for hydroxylation is 1. The van der Waals surface area contributed by atoms with Crippen LogP contribution in [0.1, 0.15) is 18.1 Å². The highest BCUT2D eigenvalue weighted by Crippen LogP contribution is 2.20. The Hall–Kier alpha value is -1.02. The molecule has 0 amide bonds. The van der Waals surface area contributed by atoms with Gasteiger partial charge in [-0.15, -0.1) is 0 Å². The number of ether oxygens (including phenoxy) is 2. The zero-order valence-corrected chi connectivity index (χ0v) is 8.46. The molecule has 0 atom stereocenters. The normalized spacial score (nSPS) is 10.1. The summed E-state index contributed by atoms with van der Waals surface area (Å²) in [7, 11) is 3.37. The minimum absolute atomic E-state index is 0.608. The largest absolute Gasteiger partial charge is 0.496 e. The third-order valence-corrected chi connectivity index (χ3v) is 2.05. The molecular formula is C11H16O2. The van der Waals surface area contributed by atoms with Crippen molar-refractivity contribution in [1.29, 1.82) is 0 Å². The zero-order valence-electron chi connectivity index (χ0n) is 8.46. The first-order valence-corrected chi connectivity index (χ1v) is 4.46. The van der Waals surface area contributed by atoms with E-state index < -0.39 is 0 Å². The number of hydrogen-bond donors (Lipinski definition) is 0. The Morgan fingerprint density at radius 2 is 2.00 bits per heavy atom. The lowest BCUT2D eigenvalue weighted by atomic mass is 10.1. The van der Waals surface area contributed by atoms with Gasteiger partial charge in [-0.3, -0.25) is 0 Å². The van der Waals surface area contributed by atoms with Crippen LogP contribution in [0.3, 0.4) is 0 Å². The molecule has 0 aliphatic heterocycles. The highest BCUT2D eigenvalue weighted by atomic mass is 16.5. The maximum atomic E-state index is 5.22.